The monoisotopic (exact) mass is 424 g/mol. The van der Waals surface area contributed by atoms with E-state index in [4.69, 9.17) is 0 Å². The molecule has 5 nitrogen and oxygen atoms in total. The fourth-order valence-electron chi connectivity index (χ4n) is 2.60. The Morgan fingerprint density at radius 3 is 2.44 bits per heavy atom. The van der Waals surface area contributed by atoms with Crippen LogP contribution < -0.4 is 9.62 Å². The molecule has 134 valence electrons. The van der Waals surface area contributed by atoms with Crippen molar-refractivity contribution >= 4 is 43.2 Å². The third kappa shape index (κ3) is 4.83. The standard InChI is InChI=1S/C18H21BrN2O3S/c1-4-17(18(22)20-16-11-6-5-10-15(16)19)21(25(3,23)24)14-9-7-8-13(2)12-14/h5-12,17H,4H2,1-3H3,(H,20,22)/t17-/m1/s1. The topological polar surface area (TPSA) is 66.5 Å². The SMILES string of the molecule is CC[C@H](C(=O)Nc1ccccc1Br)N(c1cccc(C)c1)S(C)(=O)=O. The second-order valence-electron chi connectivity index (χ2n) is 5.79. The lowest BCUT2D eigenvalue weighted by atomic mass is 10.1. The normalized spacial score (nSPS) is 12.5. The van der Waals surface area contributed by atoms with Gasteiger partial charge in [0, 0.05) is 4.47 Å². The van der Waals surface area contributed by atoms with Crippen molar-refractivity contribution in [3.63, 3.8) is 0 Å². The molecule has 0 fully saturated rings. The number of halogens is 1. The first-order valence-corrected chi connectivity index (χ1v) is 10.5. The molecule has 1 amide bonds. The lowest BCUT2D eigenvalue weighted by Gasteiger charge is -2.30. The number of hydrogen-bond acceptors (Lipinski definition) is 3. The highest BCUT2D eigenvalue weighted by Crippen LogP contribution is 2.26. The van der Waals surface area contributed by atoms with Crippen LogP contribution in [-0.4, -0.2) is 26.6 Å². The third-order valence-corrected chi connectivity index (χ3v) is 5.59. The number of anilines is 2. The van der Waals surface area contributed by atoms with Crippen LogP contribution in [0.2, 0.25) is 0 Å². The van der Waals surface area contributed by atoms with Crippen LogP contribution in [-0.2, 0) is 14.8 Å². The molecule has 0 bridgehead atoms. The van der Waals surface area contributed by atoms with Gasteiger partial charge in [0.05, 0.1) is 17.6 Å². The first-order valence-electron chi connectivity index (χ1n) is 7.85. The van der Waals surface area contributed by atoms with E-state index in [1.54, 1.807) is 37.3 Å². The molecule has 0 radical (unpaired) electrons. The third-order valence-electron chi connectivity index (χ3n) is 3.72. The van der Waals surface area contributed by atoms with Gasteiger partial charge in [-0.25, -0.2) is 8.42 Å². The van der Waals surface area contributed by atoms with Gasteiger partial charge in [-0.3, -0.25) is 9.10 Å². The van der Waals surface area contributed by atoms with Crippen LogP contribution in [0.4, 0.5) is 11.4 Å². The van der Waals surface area contributed by atoms with Crippen molar-refractivity contribution in [3.05, 3.63) is 58.6 Å². The molecule has 25 heavy (non-hydrogen) atoms. The van der Waals surface area contributed by atoms with Crippen molar-refractivity contribution in [2.75, 3.05) is 15.9 Å². The van der Waals surface area contributed by atoms with E-state index in [1.165, 1.54) is 4.31 Å². The molecule has 0 spiro atoms. The molecular formula is C18H21BrN2O3S. The predicted octanol–water partition coefficient (Wildman–Crippen LogP) is 3.94. The smallest absolute Gasteiger partial charge is 0.248 e. The summed E-state index contributed by atoms with van der Waals surface area (Å²) in [6, 6.07) is 13.5. The van der Waals surface area contributed by atoms with Crippen molar-refractivity contribution in [2.24, 2.45) is 0 Å². The minimum Gasteiger partial charge on any atom is -0.323 e. The predicted molar refractivity (Wildman–Crippen MR) is 105 cm³/mol. The molecule has 1 N–H and O–H groups in total. The largest absolute Gasteiger partial charge is 0.323 e. The van der Waals surface area contributed by atoms with Crippen molar-refractivity contribution in [1.29, 1.82) is 0 Å². The van der Waals surface area contributed by atoms with E-state index in [9.17, 15) is 13.2 Å². The summed E-state index contributed by atoms with van der Waals surface area (Å²) in [6.07, 6.45) is 1.46. The van der Waals surface area contributed by atoms with Gasteiger partial charge in [-0.1, -0.05) is 31.2 Å². The van der Waals surface area contributed by atoms with Crippen LogP contribution >= 0.6 is 15.9 Å². The Morgan fingerprint density at radius 2 is 1.88 bits per heavy atom. The molecule has 2 aromatic carbocycles. The zero-order valence-electron chi connectivity index (χ0n) is 14.4. The molecule has 2 rings (SSSR count). The first-order chi connectivity index (χ1) is 11.7. The number of amides is 1. The van der Waals surface area contributed by atoms with E-state index < -0.39 is 16.1 Å². The maximum absolute atomic E-state index is 12.8. The number of benzene rings is 2. The van der Waals surface area contributed by atoms with Crippen LogP contribution in [0.25, 0.3) is 0 Å². The fraction of sp³-hybridized carbons (Fsp3) is 0.278. The molecule has 0 aromatic heterocycles. The van der Waals surface area contributed by atoms with Crippen molar-refractivity contribution in [2.45, 2.75) is 26.3 Å². The number of carbonyl (C=O) groups excluding carboxylic acids is 1. The second-order valence-corrected chi connectivity index (χ2v) is 8.50. The molecule has 2 aromatic rings. The molecular weight excluding hydrogens is 404 g/mol. The van der Waals surface area contributed by atoms with Gasteiger partial charge in [0.2, 0.25) is 15.9 Å². The summed E-state index contributed by atoms with van der Waals surface area (Å²) in [5, 5.41) is 2.81. The summed E-state index contributed by atoms with van der Waals surface area (Å²) >= 11 is 3.38. The Bertz CT molecular complexity index is 868. The van der Waals surface area contributed by atoms with Gasteiger partial charge in [0.25, 0.3) is 0 Å². The molecule has 0 aliphatic carbocycles. The Labute approximate surface area is 157 Å². The number of nitrogens with one attached hydrogen (secondary N) is 1. The molecule has 0 saturated heterocycles. The summed E-state index contributed by atoms with van der Waals surface area (Å²) in [5.41, 5.74) is 2.01. The van der Waals surface area contributed by atoms with Gasteiger partial charge in [-0.15, -0.1) is 0 Å². The number of aryl methyl sites for hydroxylation is 1. The van der Waals surface area contributed by atoms with E-state index in [-0.39, 0.29) is 5.91 Å². The molecule has 0 aliphatic rings. The molecule has 0 heterocycles. The van der Waals surface area contributed by atoms with Gasteiger partial charge in [0.1, 0.15) is 6.04 Å². The Morgan fingerprint density at radius 1 is 1.20 bits per heavy atom. The highest BCUT2D eigenvalue weighted by atomic mass is 79.9. The number of hydrogen-bond donors (Lipinski definition) is 1. The van der Waals surface area contributed by atoms with E-state index in [2.05, 4.69) is 21.2 Å². The highest BCUT2D eigenvalue weighted by Gasteiger charge is 2.31. The minimum absolute atomic E-state index is 0.345. The Balaban J connectivity index is 2.40. The average Bonchev–Trinajstić information content (AvgIpc) is 2.53. The summed E-state index contributed by atoms with van der Waals surface area (Å²) in [4.78, 5) is 12.8. The first kappa shape index (κ1) is 19.5. The van der Waals surface area contributed by atoms with Gasteiger partial charge < -0.3 is 5.32 Å². The Kier molecular flexibility index (Phi) is 6.24. The number of rotatable bonds is 6. The molecule has 0 unspecified atom stereocenters. The molecule has 7 heteroatoms. The maximum Gasteiger partial charge on any atom is 0.248 e. The number of para-hydroxylation sites is 1. The van der Waals surface area contributed by atoms with E-state index in [0.717, 1.165) is 16.3 Å². The second kappa shape index (κ2) is 8.01. The van der Waals surface area contributed by atoms with Crippen LogP contribution in [0, 0.1) is 6.92 Å². The highest BCUT2D eigenvalue weighted by molar-refractivity contribution is 9.10. The number of nitrogens with zero attached hydrogens (tertiary/aromatic N) is 1. The quantitative estimate of drug-likeness (QED) is 0.763. The Hall–Kier alpha value is -1.86. The summed E-state index contributed by atoms with van der Waals surface area (Å²) in [7, 11) is -3.63. The number of carbonyl (C=O) groups is 1. The van der Waals surface area contributed by atoms with Crippen LogP contribution in [0.15, 0.2) is 53.0 Å². The van der Waals surface area contributed by atoms with Crippen molar-refractivity contribution in [3.8, 4) is 0 Å². The van der Waals surface area contributed by atoms with Gasteiger partial charge in [0.15, 0.2) is 0 Å². The van der Waals surface area contributed by atoms with Gasteiger partial charge >= 0.3 is 0 Å². The molecule has 1 atom stereocenters. The summed E-state index contributed by atoms with van der Waals surface area (Å²) < 4.78 is 26.7. The number of sulfonamides is 1. The van der Waals surface area contributed by atoms with E-state index >= 15 is 0 Å². The molecule has 0 aliphatic heterocycles. The zero-order chi connectivity index (χ0) is 18.6. The molecule has 0 saturated carbocycles. The average molecular weight is 425 g/mol. The van der Waals surface area contributed by atoms with Crippen LogP contribution in [0.1, 0.15) is 18.9 Å². The summed E-state index contributed by atoms with van der Waals surface area (Å²) in [5.74, 6) is -0.374. The van der Waals surface area contributed by atoms with Gasteiger partial charge in [-0.05, 0) is 59.1 Å². The van der Waals surface area contributed by atoms with E-state index in [0.29, 0.717) is 17.8 Å². The fourth-order valence-corrected chi connectivity index (χ4v) is 4.19. The summed E-state index contributed by atoms with van der Waals surface area (Å²) in [6.45, 7) is 3.67. The van der Waals surface area contributed by atoms with Crippen LogP contribution in [0.3, 0.4) is 0 Å². The van der Waals surface area contributed by atoms with Crippen molar-refractivity contribution < 1.29 is 13.2 Å². The lowest BCUT2D eigenvalue weighted by Crippen LogP contribution is -2.47. The van der Waals surface area contributed by atoms with Crippen molar-refractivity contribution in [1.82, 2.24) is 0 Å². The van der Waals surface area contributed by atoms with Crippen LogP contribution in [0.5, 0.6) is 0 Å². The lowest BCUT2D eigenvalue weighted by molar-refractivity contribution is -0.117. The maximum atomic E-state index is 12.8. The minimum atomic E-state index is -3.63. The zero-order valence-corrected chi connectivity index (χ0v) is 16.8. The van der Waals surface area contributed by atoms with Gasteiger partial charge in [-0.2, -0.15) is 0 Å². The van der Waals surface area contributed by atoms with E-state index in [1.807, 2.05) is 25.1 Å².